The molecule has 0 saturated heterocycles. The number of rotatable bonds is 3. The molecule has 0 unspecified atom stereocenters. The SMILES string of the molecule is Cc1ccc([S@@](=O)/C(F)=C\c2ccccc2)cc1. The molecule has 0 N–H and O–H groups in total. The summed E-state index contributed by atoms with van der Waals surface area (Å²) >= 11 is 0. The van der Waals surface area contributed by atoms with Gasteiger partial charge in [0.15, 0.2) is 5.16 Å². The van der Waals surface area contributed by atoms with E-state index in [9.17, 15) is 8.60 Å². The molecule has 0 aliphatic rings. The molecule has 0 aromatic heterocycles. The number of hydrogen-bond acceptors (Lipinski definition) is 1. The van der Waals surface area contributed by atoms with Crippen molar-refractivity contribution in [1.82, 2.24) is 0 Å². The molecule has 92 valence electrons. The Hall–Kier alpha value is -1.74. The van der Waals surface area contributed by atoms with Crippen molar-refractivity contribution in [2.75, 3.05) is 0 Å². The van der Waals surface area contributed by atoms with E-state index >= 15 is 0 Å². The van der Waals surface area contributed by atoms with E-state index < -0.39 is 16.0 Å². The third-order valence-corrected chi connectivity index (χ3v) is 3.66. The molecule has 3 heteroatoms. The number of benzene rings is 2. The van der Waals surface area contributed by atoms with Crippen molar-refractivity contribution in [1.29, 1.82) is 0 Å². The van der Waals surface area contributed by atoms with Gasteiger partial charge in [-0.3, -0.25) is 0 Å². The molecule has 1 atom stereocenters. The number of hydrogen-bond donors (Lipinski definition) is 0. The number of halogens is 1. The molecular formula is C15H13FOS. The highest BCUT2D eigenvalue weighted by molar-refractivity contribution is 7.89. The summed E-state index contributed by atoms with van der Waals surface area (Å²) in [7, 11) is -1.74. The summed E-state index contributed by atoms with van der Waals surface area (Å²) in [6.07, 6.45) is 1.30. The first-order valence-corrected chi connectivity index (χ1v) is 6.72. The van der Waals surface area contributed by atoms with E-state index in [1.165, 1.54) is 6.08 Å². The Morgan fingerprint density at radius 2 is 1.67 bits per heavy atom. The van der Waals surface area contributed by atoms with Crippen molar-refractivity contribution >= 4 is 16.9 Å². The second-order valence-electron chi connectivity index (χ2n) is 3.94. The highest BCUT2D eigenvalue weighted by Crippen LogP contribution is 2.18. The zero-order valence-electron chi connectivity index (χ0n) is 9.97. The van der Waals surface area contributed by atoms with Gasteiger partial charge >= 0.3 is 0 Å². The van der Waals surface area contributed by atoms with E-state index in [1.807, 2.05) is 37.3 Å². The fraction of sp³-hybridized carbons (Fsp3) is 0.0667. The lowest BCUT2D eigenvalue weighted by atomic mass is 10.2. The van der Waals surface area contributed by atoms with Crippen LogP contribution in [-0.4, -0.2) is 4.21 Å². The van der Waals surface area contributed by atoms with Gasteiger partial charge in [-0.2, -0.15) is 4.39 Å². The summed E-state index contributed by atoms with van der Waals surface area (Å²) in [6.45, 7) is 1.93. The number of aryl methyl sites for hydroxylation is 1. The van der Waals surface area contributed by atoms with Gasteiger partial charge in [-0.1, -0.05) is 48.0 Å². The second-order valence-corrected chi connectivity index (χ2v) is 5.34. The second kappa shape index (κ2) is 5.74. The Morgan fingerprint density at radius 3 is 2.28 bits per heavy atom. The Morgan fingerprint density at radius 1 is 1.06 bits per heavy atom. The van der Waals surface area contributed by atoms with Gasteiger partial charge < -0.3 is 0 Å². The topological polar surface area (TPSA) is 17.1 Å². The first-order chi connectivity index (χ1) is 8.66. The van der Waals surface area contributed by atoms with Crippen LogP contribution in [0, 0.1) is 6.92 Å². The van der Waals surface area contributed by atoms with Crippen molar-refractivity contribution in [3.05, 3.63) is 70.9 Å². The van der Waals surface area contributed by atoms with Crippen LogP contribution in [-0.2, 0) is 10.8 Å². The fourth-order valence-electron chi connectivity index (χ4n) is 1.51. The van der Waals surface area contributed by atoms with Crippen LogP contribution in [0.25, 0.3) is 6.08 Å². The first kappa shape index (κ1) is 12.7. The predicted octanol–water partition coefficient (Wildman–Crippen LogP) is 4.07. The molecule has 2 aromatic rings. The summed E-state index contributed by atoms with van der Waals surface area (Å²) in [5.74, 6) is 0. The predicted molar refractivity (Wildman–Crippen MR) is 73.1 cm³/mol. The minimum Gasteiger partial charge on any atom is -0.247 e. The zero-order valence-corrected chi connectivity index (χ0v) is 10.8. The van der Waals surface area contributed by atoms with Crippen LogP contribution in [0.1, 0.15) is 11.1 Å². The van der Waals surface area contributed by atoms with Crippen LogP contribution >= 0.6 is 0 Å². The average molecular weight is 260 g/mol. The Balaban J connectivity index is 2.24. The van der Waals surface area contributed by atoms with E-state index in [-0.39, 0.29) is 0 Å². The average Bonchev–Trinajstić information content (AvgIpc) is 2.40. The molecule has 0 bridgehead atoms. The Kier molecular flexibility index (Phi) is 4.05. The van der Waals surface area contributed by atoms with Crippen molar-refractivity contribution < 1.29 is 8.60 Å². The van der Waals surface area contributed by atoms with E-state index in [2.05, 4.69) is 0 Å². The maximum Gasteiger partial charge on any atom is 0.192 e. The van der Waals surface area contributed by atoms with Crippen LogP contribution < -0.4 is 0 Å². The van der Waals surface area contributed by atoms with E-state index in [0.717, 1.165) is 5.56 Å². The molecule has 0 radical (unpaired) electrons. The fourth-order valence-corrected chi connectivity index (χ4v) is 2.36. The van der Waals surface area contributed by atoms with Crippen LogP contribution in [0.15, 0.2) is 64.7 Å². The van der Waals surface area contributed by atoms with E-state index in [0.29, 0.717) is 10.5 Å². The molecule has 0 spiro atoms. The van der Waals surface area contributed by atoms with Crippen LogP contribution in [0.2, 0.25) is 0 Å². The maximum absolute atomic E-state index is 13.8. The van der Waals surface area contributed by atoms with Gasteiger partial charge in [0.1, 0.15) is 10.8 Å². The molecule has 1 nitrogen and oxygen atoms in total. The first-order valence-electron chi connectivity index (χ1n) is 5.57. The third kappa shape index (κ3) is 3.14. The normalized spacial score (nSPS) is 13.3. The molecule has 0 saturated carbocycles. The van der Waals surface area contributed by atoms with Crippen molar-refractivity contribution in [2.45, 2.75) is 11.8 Å². The molecule has 0 aliphatic heterocycles. The minimum atomic E-state index is -1.74. The lowest BCUT2D eigenvalue weighted by Gasteiger charge is -2.00. The van der Waals surface area contributed by atoms with Crippen LogP contribution in [0.3, 0.4) is 0 Å². The third-order valence-electron chi connectivity index (χ3n) is 2.49. The van der Waals surface area contributed by atoms with Gasteiger partial charge in [-0.15, -0.1) is 0 Å². The molecule has 0 aliphatic carbocycles. The minimum absolute atomic E-state index is 0.477. The highest BCUT2D eigenvalue weighted by atomic mass is 32.2. The van der Waals surface area contributed by atoms with Crippen molar-refractivity contribution in [3.63, 3.8) is 0 Å². The molecule has 18 heavy (non-hydrogen) atoms. The maximum atomic E-state index is 13.8. The summed E-state index contributed by atoms with van der Waals surface area (Å²) in [6, 6.07) is 16.0. The van der Waals surface area contributed by atoms with Gasteiger partial charge in [0.2, 0.25) is 0 Å². The van der Waals surface area contributed by atoms with Crippen molar-refractivity contribution in [3.8, 4) is 0 Å². The lowest BCUT2D eigenvalue weighted by molar-refractivity contribution is 0.653. The van der Waals surface area contributed by atoms with Gasteiger partial charge in [0.25, 0.3) is 0 Å². The summed E-state index contributed by atoms with van der Waals surface area (Å²) in [5, 5.41) is -0.634. The standard InChI is InChI=1S/C15H13FOS/c1-12-7-9-14(10-8-12)18(17)15(16)11-13-5-3-2-4-6-13/h2-11H,1H3/b15-11-/t18-/m1/s1. The smallest absolute Gasteiger partial charge is 0.192 e. The van der Waals surface area contributed by atoms with Gasteiger partial charge in [-0.05, 0) is 30.7 Å². The highest BCUT2D eigenvalue weighted by Gasteiger charge is 2.09. The summed E-state index contributed by atoms with van der Waals surface area (Å²) < 4.78 is 25.8. The van der Waals surface area contributed by atoms with Gasteiger partial charge in [0.05, 0.1) is 0 Å². The van der Waals surface area contributed by atoms with Crippen LogP contribution in [0.4, 0.5) is 4.39 Å². The quantitative estimate of drug-likeness (QED) is 0.813. The molecule has 2 rings (SSSR count). The zero-order chi connectivity index (χ0) is 13.0. The molecular weight excluding hydrogens is 247 g/mol. The monoisotopic (exact) mass is 260 g/mol. The molecule has 2 aromatic carbocycles. The van der Waals surface area contributed by atoms with Crippen LogP contribution in [0.5, 0.6) is 0 Å². The summed E-state index contributed by atoms with van der Waals surface area (Å²) in [4.78, 5) is 0.477. The lowest BCUT2D eigenvalue weighted by Crippen LogP contribution is -1.91. The van der Waals surface area contributed by atoms with Gasteiger partial charge in [0, 0.05) is 4.90 Å². The van der Waals surface area contributed by atoms with Crippen molar-refractivity contribution in [2.24, 2.45) is 0 Å². The molecule has 0 heterocycles. The largest absolute Gasteiger partial charge is 0.247 e. The molecule has 0 fully saturated rings. The Labute approximate surface area is 108 Å². The Bertz CT molecular complexity index is 573. The molecule has 0 amide bonds. The van der Waals surface area contributed by atoms with E-state index in [4.69, 9.17) is 0 Å². The van der Waals surface area contributed by atoms with E-state index in [1.54, 1.807) is 24.3 Å². The summed E-state index contributed by atoms with van der Waals surface area (Å²) in [5.41, 5.74) is 1.76. The van der Waals surface area contributed by atoms with Gasteiger partial charge in [-0.25, -0.2) is 4.21 Å².